The molecule has 0 saturated carbocycles. The molecule has 0 aliphatic rings. The largest absolute Gasteiger partial charge is 0.497 e. The molecule has 0 N–H and O–H groups in total. The predicted octanol–water partition coefficient (Wildman–Crippen LogP) is 2.42. The highest BCUT2D eigenvalue weighted by molar-refractivity contribution is 5.97. The second-order valence-electron chi connectivity index (χ2n) is 5.15. The molecule has 2 aromatic carbocycles. The van der Waals surface area contributed by atoms with Crippen molar-refractivity contribution in [3.8, 4) is 17.6 Å². The van der Waals surface area contributed by atoms with Gasteiger partial charge in [0.1, 0.15) is 18.0 Å². The molecule has 0 aliphatic heterocycles. The quantitative estimate of drug-likeness (QED) is 0.560. The zero-order valence-electron chi connectivity index (χ0n) is 14.5. The van der Waals surface area contributed by atoms with E-state index in [4.69, 9.17) is 19.5 Å². The highest BCUT2D eigenvalue weighted by Gasteiger charge is 2.18. The molecule has 7 nitrogen and oxygen atoms in total. The average molecular weight is 354 g/mol. The van der Waals surface area contributed by atoms with Crippen molar-refractivity contribution >= 4 is 17.6 Å². The standard InChI is InChI=1S/C19H18N2O5/c1-24-16-10-14(11-17(12-16)25-2)19(23)26-13-18(22)21(9-8-20)15-6-4-3-5-7-15/h3-7,10-12H,9,13H2,1-2H3. The van der Waals surface area contributed by atoms with Crippen LogP contribution in [-0.4, -0.2) is 39.2 Å². The van der Waals surface area contributed by atoms with Crippen LogP contribution in [0.25, 0.3) is 0 Å². The third kappa shape index (κ3) is 4.74. The first kappa shape index (κ1) is 18.8. The van der Waals surface area contributed by atoms with E-state index in [-0.39, 0.29) is 12.1 Å². The second kappa shape index (κ2) is 9.08. The number of benzene rings is 2. The van der Waals surface area contributed by atoms with Crippen LogP contribution in [-0.2, 0) is 9.53 Å². The number of nitrogens with zero attached hydrogens (tertiary/aromatic N) is 2. The molecule has 7 heteroatoms. The number of hydrogen-bond donors (Lipinski definition) is 0. The van der Waals surface area contributed by atoms with Crippen molar-refractivity contribution in [1.82, 2.24) is 0 Å². The first-order valence-corrected chi connectivity index (χ1v) is 7.71. The molecule has 0 unspecified atom stereocenters. The Balaban J connectivity index is 2.08. The minimum Gasteiger partial charge on any atom is -0.497 e. The summed E-state index contributed by atoms with van der Waals surface area (Å²) in [5, 5.41) is 8.94. The third-order valence-corrected chi connectivity index (χ3v) is 3.51. The molecule has 134 valence electrons. The lowest BCUT2D eigenvalue weighted by atomic mass is 10.2. The molecule has 0 fully saturated rings. The summed E-state index contributed by atoms with van der Waals surface area (Å²) in [5.74, 6) is -0.336. The number of ether oxygens (including phenoxy) is 3. The van der Waals surface area contributed by atoms with Crippen molar-refractivity contribution in [3.63, 3.8) is 0 Å². The van der Waals surface area contributed by atoms with E-state index in [0.29, 0.717) is 17.2 Å². The van der Waals surface area contributed by atoms with Crippen LogP contribution < -0.4 is 14.4 Å². The maximum Gasteiger partial charge on any atom is 0.338 e. The number of carbonyl (C=O) groups excluding carboxylic acids is 2. The highest BCUT2D eigenvalue weighted by atomic mass is 16.5. The lowest BCUT2D eigenvalue weighted by molar-refractivity contribution is -0.121. The Hall–Kier alpha value is -3.53. The number of rotatable bonds is 7. The molecule has 2 aromatic rings. The van der Waals surface area contributed by atoms with Crippen LogP contribution in [0.1, 0.15) is 10.4 Å². The first-order valence-electron chi connectivity index (χ1n) is 7.71. The molecular weight excluding hydrogens is 336 g/mol. The van der Waals surface area contributed by atoms with Gasteiger partial charge in [0.2, 0.25) is 0 Å². The van der Waals surface area contributed by atoms with Crippen LogP contribution in [0.3, 0.4) is 0 Å². The van der Waals surface area contributed by atoms with E-state index in [1.165, 1.54) is 31.3 Å². The van der Waals surface area contributed by atoms with Crippen LogP contribution >= 0.6 is 0 Å². The molecule has 2 rings (SSSR count). The van der Waals surface area contributed by atoms with Crippen LogP contribution in [0, 0.1) is 11.3 Å². The summed E-state index contributed by atoms with van der Waals surface area (Å²) in [7, 11) is 2.93. The van der Waals surface area contributed by atoms with Crippen LogP contribution in [0.15, 0.2) is 48.5 Å². The lowest BCUT2D eigenvalue weighted by Gasteiger charge is -2.19. The summed E-state index contributed by atoms with van der Waals surface area (Å²) in [6.07, 6.45) is 0. The Morgan fingerprint density at radius 3 is 2.19 bits per heavy atom. The van der Waals surface area contributed by atoms with Crippen molar-refractivity contribution in [3.05, 3.63) is 54.1 Å². The summed E-state index contributed by atoms with van der Waals surface area (Å²) >= 11 is 0. The molecular formula is C19H18N2O5. The minimum atomic E-state index is -0.694. The Morgan fingerprint density at radius 2 is 1.65 bits per heavy atom. The van der Waals surface area contributed by atoms with Gasteiger partial charge in [0.05, 0.1) is 25.9 Å². The van der Waals surface area contributed by atoms with Gasteiger partial charge in [-0.15, -0.1) is 0 Å². The Bertz CT molecular complexity index is 792. The molecule has 0 heterocycles. The SMILES string of the molecule is COc1cc(OC)cc(C(=O)OCC(=O)N(CC#N)c2ccccc2)c1. The van der Waals surface area contributed by atoms with Gasteiger partial charge in [-0.25, -0.2) is 4.79 Å². The van der Waals surface area contributed by atoms with E-state index in [9.17, 15) is 9.59 Å². The topological polar surface area (TPSA) is 88.9 Å². The highest BCUT2D eigenvalue weighted by Crippen LogP contribution is 2.23. The molecule has 0 aromatic heterocycles. The number of amides is 1. The Kier molecular flexibility index (Phi) is 6.57. The number of para-hydroxylation sites is 1. The average Bonchev–Trinajstić information content (AvgIpc) is 2.70. The van der Waals surface area contributed by atoms with Gasteiger partial charge in [-0.2, -0.15) is 5.26 Å². The fourth-order valence-electron chi connectivity index (χ4n) is 2.22. The van der Waals surface area contributed by atoms with E-state index in [2.05, 4.69) is 0 Å². The molecule has 0 bridgehead atoms. The van der Waals surface area contributed by atoms with Crippen molar-refractivity contribution < 1.29 is 23.8 Å². The van der Waals surface area contributed by atoms with Gasteiger partial charge in [0.15, 0.2) is 6.61 Å². The van der Waals surface area contributed by atoms with Gasteiger partial charge in [-0.3, -0.25) is 9.69 Å². The summed E-state index contributed by atoms with van der Waals surface area (Å²) in [6, 6.07) is 15.2. The zero-order chi connectivity index (χ0) is 18.9. The Labute approximate surface area is 151 Å². The number of carbonyl (C=O) groups is 2. The fraction of sp³-hybridized carbons (Fsp3) is 0.211. The summed E-state index contributed by atoms with van der Waals surface area (Å²) in [4.78, 5) is 25.8. The van der Waals surface area contributed by atoms with Crippen LogP contribution in [0.2, 0.25) is 0 Å². The van der Waals surface area contributed by atoms with Crippen LogP contribution in [0.4, 0.5) is 5.69 Å². The van der Waals surface area contributed by atoms with Gasteiger partial charge in [-0.05, 0) is 24.3 Å². The van der Waals surface area contributed by atoms with Gasteiger partial charge in [-0.1, -0.05) is 18.2 Å². The van der Waals surface area contributed by atoms with Crippen molar-refractivity contribution in [2.75, 3.05) is 32.3 Å². The summed E-state index contributed by atoms with van der Waals surface area (Å²) < 4.78 is 15.3. The normalized spacial score (nSPS) is 9.73. The van der Waals surface area contributed by atoms with Crippen LogP contribution in [0.5, 0.6) is 11.5 Å². The van der Waals surface area contributed by atoms with Gasteiger partial charge >= 0.3 is 5.97 Å². The second-order valence-corrected chi connectivity index (χ2v) is 5.15. The van der Waals surface area contributed by atoms with Gasteiger partial charge in [0, 0.05) is 11.8 Å². The summed E-state index contributed by atoms with van der Waals surface area (Å²) in [6.45, 7) is -0.637. The third-order valence-electron chi connectivity index (χ3n) is 3.51. The zero-order valence-corrected chi connectivity index (χ0v) is 14.5. The summed E-state index contributed by atoms with van der Waals surface area (Å²) in [5.41, 5.74) is 0.749. The van der Waals surface area contributed by atoms with Crippen molar-refractivity contribution in [1.29, 1.82) is 5.26 Å². The monoisotopic (exact) mass is 354 g/mol. The van der Waals surface area contributed by atoms with E-state index in [0.717, 1.165) is 0 Å². The van der Waals surface area contributed by atoms with E-state index in [1.54, 1.807) is 36.4 Å². The maximum atomic E-state index is 12.4. The number of anilines is 1. The lowest BCUT2D eigenvalue weighted by Crippen LogP contribution is -2.35. The molecule has 0 saturated heterocycles. The predicted molar refractivity (Wildman–Crippen MR) is 94.2 cm³/mol. The maximum absolute atomic E-state index is 12.4. The number of methoxy groups -OCH3 is 2. The molecule has 26 heavy (non-hydrogen) atoms. The van der Waals surface area contributed by atoms with Crippen molar-refractivity contribution in [2.24, 2.45) is 0 Å². The number of hydrogen-bond acceptors (Lipinski definition) is 6. The molecule has 0 radical (unpaired) electrons. The van der Waals surface area contributed by atoms with E-state index >= 15 is 0 Å². The smallest absolute Gasteiger partial charge is 0.338 e. The molecule has 0 aliphatic carbocycles. The molecule has 1 amide bonds. The fourth-order valence-corrected chi connectivity index (χ4v) is 2.22. The van der Waals surface area contributed by atoms with Gasteiger partial charge in [0.25, 0.3) is 5.91 Å². The minimum absolute atomic E-state index is 0.145. The van der Waals surface area contributed by atoms with Gasteiger partial charge < -0.3 is 14.2 Å². The number of esters is 1. The number of nitriles is 1. The Morgan fingerprint density at radius 1 is 1.04 bits per heavy atom. The van der Waals surface area contributed by atoms with E-state index in [1.807, 2.05) is 6.07 Å². The van der Waals surface area contributed by atoms with Crippen molar-refractivity contribution in [2.45, 2.75) is 0 Å². The first-order chi connectivity index (χ1) is 12.6. The van der Waals surface area contributed by atoms with E-state index < -0.39 is 18.5 Å². The molecule has 0 spiro atoms. The molecule has 0 atom stereocenters.